The Morgan fingerprint density at radius 1 is 1.07 bits per heavy atom. The third-order valence-electron chi connectivity index (χ3n) is 5.15. The van der Waals surface area contributed by atoms with Crippen molar-refractivity contribution in [1.82, 2.24) is 5.32 Å². The molecule has 160 valence electrons. The van der Waals surface area contributed by atoms with Crippen molar-refractivity contribution in [3.8, 4) is 0 Å². The van der Waals surface area contributed by atoms with E-state index in [1.165, 1.54) is 11.0 Å². The minimum atomic E-state index is -4.10. The Morgan fingerprint density at radius 3 is 2.43 bits per heavy atom. The van der Waals surface area contributed by atoms with Gasteiger partial charge in [-0.2, -0.15) is 4.31 Å². The number of carbonyl (C=O) groups excluding carboxylic acids is 2. The van der Waals surface area contributed by atoms with E-state index in [1.54, 1.807) is 36.4 Å². The molecule has 0 bridgehead atoms. The molecular weight excluding hydrogens is 402 g/mol. The lowest BCUT2D eigenvalue weighted by molar-refractivity contribution is -0.119. The zero-order valence-electron chi connectivity index (χ0n) is 17.7. The van der Waals surface area contributed by atoms with Crippen LogP contribution in [-0.2, 0) is 14.8 Å². The van der Waals surface area contributed by atoms with Gasteiger partial charge < -0.3 is 5.32 Å². The number of nitrogens with zero attached hydrogens (tertiary/aromatic N) is 2. The van der Waals surface area contributed by atoms with Gasteiger partial charge >= 0.3 is 6.03 Å². The molecular formula is C22H27N3O4S. The van der Waals surface area contributed by atoms with Gasteiger partial charge in [0.05, 0.1) is 11.4 Å². The topological polar surface area (TPSA) is 86.8 Å². The highest BCUT2D eigenvalue weighted by atomic mass is 32.2. The summed E-state index contributed by atoms with van der Waals surface area (Å²) in [6.45, 7) is 8.12. The summed E-state index contributed by atoms with van der Waals surface area (Å²) in [5.41, 5.74) is 2.32. The van der Waals surface area contributed by atoms with E-state index in [4.69, 9.17) is 0 Å². The van der Waals surface area contributed by atoms with Crippen molar-refractivity contribution in [1.29, 1.82) is 0 Å². The van der Waals surface area contributed by atoms with Gasteiger partial charge in [0.1, 0.15) is 11.4 Å². The average molecular weight is 430 g/mol. The molecule has 1 N–H and O–H groups in total. The number of urea groups is 1. The molecule has 0 saturated heterocycles. The second-order valence-electron chi connectivity index (χ2n) is 7.91. The first-order valence-corrected chi connectivity index (χ1v) is 11.4. The number of nitrogens with one attached hydrogen (secondary N) is 1. The molecule has 0 aromatic heterocycles. The Hall–Kier alpha value is -2.87. The van der Waals surface area contributed by atoms with Gasteiger partial charge in [-0.25, -0.2) is 13.2 Å². The Bertz CT molecular complexity index is 1080. The number of sulfonamides is 1. The molecule has 3 amide bonds. The third kappa shape index (κ3) is 4.18. The smallest absolute Gasteiger partial charge is 0.343 e. The molecule has 0 radical (unpaired) electrons. The van der Waals surface area contributed by atoms with Crippen LogP contribution in [0.1, 0.15) is 31.4 Å². The quantitative estimate of drug-likeness (QED) is 0.760. The SMILES string of the molecule is Cc1ccc(N2C(=O)N(CC(=O)NCCC(C)C)c3ccccc3S2(=O)=O)cc1C. The molecule has 7 nitrogen and oxygen atoms in total. The van der Waals surface area contributed by atoms with Crippen molar-refractivity contribution in [2.24, 2.45) is 5.92 Å². The van der Waals surface area contributed by atoms with Crippen molar-refractivity contribution in [3.63, 3.8) is 0 Å². The summed E-state index contributed by atoms with van der Waals surface area (Å²) in [5.74, 6) is 0.103. The van der Waals surface area contributed by atoms with E-state index in [-0.39, 0.29) is 28.7 Å². The number of hydrogen-bond donors (Lipinski definition) is 1. The van der Waals surface area contributed by atoms with Gasteiger partial charge in [0.15, 0.2) is 0 Å². The number of hydrogen-bond acceptors (Lipinski definition) is 4. The second kappa shape index (κ2) is 8.47. The van der Waals surface area contributed by atoms with Crippen LogP contribution in [0.25, 0.3) is 0 Å². The molecule has 1 heterocycles. The van der Waals surface area contributed by atoms with E-state index in [2.05, 4.69) is 19.2 Å². The number of para-hydroxylation sites is 1. The predicted molar refractivity (Wildman–Crippen MR) is 117 cm³/mol. The van der Waals surface area contributed by atoms with Gasteiger partial charge in [-0.15, -0.1) is 0 Å². The molecule has 8 heteroatoms. The normalized spacial score (nSPS) is 15.3. The Balaban J connectivity index is 2.00. The molecule has 1 aliphatic heterocycles. The number of benzene rings is 2. The lowest BCUT2D eigenvalue weighted by Gasteiger charge is -2.36. The van der Waals surface area contributed by atoms with Crippen molar-refractivity contribution >= 4 is 33.3 Å². The van der Waals surface area contributed by atoms with Crippen molar-refractivity contribution in [3.05, 3.63) is 53.6 Å². The van der Waals surface area contributed by atoms with Gasteiger partial charge in [-0.3, -0.25) is 9.69 Å². The van der Waals surface area contributed by atoms with Gasteiger partial charge in [0, 0.05) is 6.54 Å². The zero-order valence-corrected chi connectivity index (χ0v) is 18.5. The fourth-order valence-electron chi connectivity index (χ4n) is 3.27. The van der Waals surface area contributed by atoms with Crippen LogP contribution in [0, 0.1) is 19.8 Å². The van der Waals surface area contributed by atoms with Crippen LogP contribution in [0.5, 0.6) is 0 Å². The maximum Gasteiger partial charge on any atom is 0.343 e. The summed E-state index contributed by atoms with van der Waals surface area (Å²) in [4.78, 5) is 27.0. The average Bonchev–Trinajstić information content (AvgIpc) is 2.67. The van der Waals surface area contributed by atoms with Crippen LogP contribution in [0.2, 0.25) is 0 Å². The molecule has 0 saturated carbocycles. The first kappa shape index (κ1) is 21.8. The molecule has 2 aromatic rings. The molecule has 1 aliphatic rings. The lowest BCUT2D eigenvalue weighted by atomic mass is 10.1. The molecule has 30 heavy (non-hydrogen) atoms. The van der Waals surface area contributed by atoms with Crippen molar-refractivity contribution in [2.45, 2.75) is 39.0 Å². The number of aryl methyl sites for hydroxylation is 2. The largest absolute Gasteiger partial charge is 0.355 e. The predicted octanol–water partition coefficient (Wildman–Crippen LogP) is 3.60. The maximum atomic E-state index is 13.3. The van der Waals surface area contributed by atoms with Crippen molar-refractivity contribution in [2.75, 3.05) is 22.3 Å². The summed E-state index contributed by atoms with van der Waals surface area (Å²) in [5, 5.41) is 2.80. The minimum absolute atomic E-state index is 0.00203. The van der Waals surface area contributed by atoms with Gasteiger partial charge in [-0.1, -0.05) is 32.0 Å². The molecule has 0 unspecified atom stereocenters. The highest BCUT2D eigenvalue weighted by molar-refractivity contribution is 7.94. The van der Waals surface area contributed by atoms with Crippen molar-refractivity contribution < 1.29 is 18.0 Å². The zero-order chi connectivity index (χ0) is 22.1. The van der Waals surface area contributed by atoms with Gasteiger partial charge in [-0.05, 0) is 61.6 Å². The number of anilines is 2. The number of amides is 3. The van der Waals surface area contributed by atoms with Crippen LogP contribution >= 0.6 is 0 Å². The first-order valence-electron chi connectivity index (χ1n) is 9.92. The Labute approximate surface area is 177 Å². The maximum absolute atomic E-state index is 13.3. The number of carbonyl (C=O) groups is 2. The third-order valence-corrected chi connectivity index (χ3v) is 6.90. The highest BCUT2D eigenvalue weighted by Crippen LogP contribution is 2.37. The number of rotatable bonds is 6. The Kier molecular flexibility index (Phi) is 6.17. The van der Waals surface area contributed by atoms with E-state index in [9.17, 15) is 18.0 Å². The Morgan fingerprint density at radius 2 is 1.77 bits per heavy atom. The second-order valence-corrected chi connectivity index (χ2v) is 9.66. The molecule has 2 aromatic carbocycles. The molecule has 0 atom stereocenters. The van der Waals surface area contributed by atoms with Crippen LogP contribution in [0.15, 0.2) is 47.4 Å². The summed E-state index contributed by atoms with van der Waals surface area (Å²) < 4.78 is 27.3. The lowest BCUT2D eigenvalue weighted by Crippen LogP contribution is -2.53. The standard InChI is InChI=1S/C22H27N3O4S/c1-15(2)11-12-23-21(26)14-24-19-7-5-6-8-20(19)30(28,29)25(22(24)27)18-10-9-16(3)17(4)13-18/h5-10,13,15H,11-12,14H2,1-4H3,(H,23,26). The monoisotopic (exact) mass is 429 g/mol. The van der Waals surface area contributed by atoms with E-state index >= 15 is 0 Å². The minimum Gasteiger partial charge on any atom is -0.355 e. The first-order chi connectivity index (χ1) is 14.1. The summed E-state index contributed by atoms with van der Waals surface area (Å²) in [6.07, 6.45) is 0.819. The molecule has 0 fully saturated rings. The van der Waals surface area contributed by atoms with E-state index in [1.807, 2.05) is 13.8 Å². The number of fused-ring (bicyclic) bond motifs is 1. The summed E-state index contributed by atoms with van der Waals surface area (Å²) in [7, 11) is -4.10. The van der Waals surface area contributed by atoms with Gasteiger partial charge in [0.25, 0.3) is 10.0 Å². The van der Waals surface area contributed by atoms with E-state index < -0.39 is 16.1 Å². The summed E-state index contributed by atoms with van der Waals surface area (Å²) >= 11 is 0. The van der Waals surface area contributed by atoms with Crippen LogP contribution < -0.4 is 14.5 Å². The van der Waals surface area contributed by atoms with Crippen LogP contribution in [0.4, 0.5) is 16.2 Å². The highest BCUT2D eigenvalue weighted by Gasteiger charge is 2.43. The fourth-order valence-corrected chi connectivity index (χ4v) is 4.85. The molecule has 3 rings (SSSR count). The molecule has 0 spiro atoms. The summed E-state index contributed by atoms with van der Waals surface area (Å²) in [6, 6.07) is 10.5. The van der Waals surface area contributed by atoms with Crippen LogP contribution in [0.3, 0.4) is 0 Å². The van der Waals surface area contributed by atoms with Crippen LogP contribution in [-0.4, -0.2) is 33.4 Å². The fraction of sp³-hybridized carbons (Fsp3) is 0.364. The van der Waals surface area contributed by atoms with Gasteiger partial charge in [0.2, 0.25) is 5.91 Å². The molecule has 0 aliphatic carbocycles. The van der Waals surface area contributed by atoms with E-state index in [0.29, 0.717) is 12.5 Å². The van der Waals surface area contributed by atoms with E-state index in [0.717, 1.165) is 21.9 Å².